The van der Waals surface area contributed by atoms with Crippen LogP contribution in [0.1, 0.15) is 42.1 Å². The van der Waals surface area contributed by atoms with Gasteiger partial charge in [0.2, 0.25) is 0 Å². The molecule has 0 heterocycles. The number of benzene rings is 2. The summed E-state index contributed by atoms with van der Waals surface area (Å²) in [5, 5.41) is 0.432. The molecule has 0 radical (unpaired) electrons. The summed E-state index contributed by atoms with van der Waals surface area (Å²) in [6.07, 6.45) is 0.730. The van der Waals surface area contributed by atoms with Gasteiger partial charge in [-0.1, -0.05) is 73.4 Å². The van der Waals surface area contributed by atoms with Crippen molar-refractivity contribution in [3.8, 4) is 0 Å². The fourth-order valence-corrected chi connectivity index (χ4v) is 2.98. The molecule has 27 heavy (non-hydrogen) atoms. The number of carbonyl (C=O) groups excluding carboxylic acids is 2. The fraction of sp³-hybridized carbons (Fsp3) is 0.300. The van der Waals surface area contributed by atoms with Gasteiger partial charge in [0.15, 0.2) is 5.78 Å². The lowest BCUT2D eigenvalue weighted by molar-refractivity contribution is -0.144. The predicted molar refractivity (Wildman–Crippen MR) is 112 cm³/mol. The van der Waals surface area contributed by atoms with E-state index < -0.39 is 17.7 Å². The summed E-state index contributed by atoms with van der Waals surface area (Å²) >= 11 is 12.3. The summed E-state index contributed by atoms with van der Waals surface area (Å²) in [6, 6.07) is 13.6. The molecule has 2 rings (SSSR count). The largest absolute Gasteiger partial charge is 0.465 e. The van der Waals surface area contributed by atoms with Crippen LogP contribution in [0, 0.1) is 5.92 Å². The Bertz CT molecular complexity index is 746. The molecule has 2 atom stereocenters. The number of ether oxygens (including phenoxy) is 1. The molecule has 2 unspecified atom stereocenters. The van der Waals surface area contributed by atoms with Crippen molar-refractivity contribution in [3.63, 3.8) is 0 Å². The van der Waals surface area contributed by atoms with E-state index >= 15 is 0 Å². The molecule has 0 aliphatic carbocycles. The molecule has 0 bridgehead atoms. The van der Waals surface area contributed by atoms with Crippen molar-refractivity contribution in [1.82, 2.24) is 0 Å². The van der Waals surface area contributed by atoms with Crippen molar-refractivity contribution in [2.24, 2.45) is 5.92 Å². The molecule has 2 aromatic rings. The average Bonchev–Trinajstić information content (AvgIpc) is 2.64. The van der Waals surface area contributed by atoms with E-state index in [4.69, 9.17) is 32.5 Å². The van der Waals surface area contributed by atoms with Crippen molar-refractivity contribution in [3.05, 3.63) is 69.7 Å². The van der Waals surface area contributed by atoms with E-state index in [1.165, 1.54) is 0 Å². The second kappa shape index (κ2) is 12.0. The molecule has 0 amide bonds. The van der Waals surface area contributed by atoms with Gasteiger partial charge < -0.3 is 9.30 Å². The molecule has 0 fully saturated rings. The second-order valence-corrected chi connectivity index (χ2v) is 6.97. The highest BCUT2D eigenvalue weighted by Gasteiger charge is 2.33. The van der Waals surface area contributed by atoms with Crippen LogP contribution in [-0.4, -0.2) is 18.4 Å². The first-order valence-corrected chi connectivity index (χ1v) is 9.73. The molecule has 0 aliphatic rings. The van der Waals surface area contributed by atoms with Gasteiger partial charge in [-0.25, -0.2) is 0 Å². The minimum Gasteiger partial charge on any atom is -0.465 e. The molecule has 0 saturated heterocycles. The SMILES string of the molecule is CC(C)CCOC(=O)C(C(=O)c1c(Cl)cccc1Cl)c1ccccc1.O=[PH3]. The quantitative estimate of drug-likeness (QED) is 0.253. The summed E-state index contributed by atoms with van der Waals surface area (Å²) in [5.41, 5.74) is 0.693. The van der Waals surface area contributed by atoms with Crippen LogP contribution < -0.4 is 0 Å². The molecule has 0 aromatic heterocycles. The third kappa shape index (κ3) is 6.80. The number of hydrogen-bond acceptors (Lipinski definition) is 4. The van der Waals surface area contributed by atoms with E-state index in [0.29, 0.717) is 20.6 Å². The molecule has 0 saturated carbocycles. The van der Waals surface area contributed by atoms with Gasteiger partial charge in [-0.2, -0.15) is 0 Å². The first kappa shape index (κ1) is 23.4. The topological polar surface area (TPSA) is 60.4 Å². The average molecular weight is 429 g/mol. The normalized spacial score (nSPS) is 11.4. The second-order valence-electron chi connectivity index (χ2n) is 6.15. The van der Waals surface area contributed by atoms with Crippen LogP contribution in [0.5, 0.6) is 0 Å². The van der Waals surface area contributed by atoms with Gasteiger partial charge in [0.1, 0.15) is 5.92 Å². The summed E-state index contributed by atoms with van der Waals surface area (Å²) in [5.74, 6) is -1.74. The fourth-order valence-electron chi connectivity index (χ4n) is 2.40. The molecule has 2 aromatic carbocycles. The van der Waals surface area contributed by atoms with E-state index in [-0.39, 0.29) is 22.2 Å². The third-order valence-electron chi connectivity index (χ3n) is 3.78. The monoisotopic (exact) mass is 428 g/mol. The zero-order valence-corrected chi connectivity index (χ0v) is 18.2. The van der Waals surface area contributed by atoms with Gasteiger partial charge in [-0.3, -0.25) is 9.59 Å². The number of rotatable bonds is 7. The number of carbonyl (C=O) groups is 2. The molecule has 0 aliphatic heterocycles. The Balaban J connectivity index is 0.00000176. The highest BCUT2D eigenvalue weighted by atomic mass is 35.5. The summed E-state index contributed by atoms with van der Waals surface area (Å²) in [7, 11) is 0.611. The van der Waals surface area contributed by atoms with Gasteiger partial charge in [0.05, 0.1) is 31.3 Å². The minimum absolute atomic E-state index is 0.139. The Morgan fingerprint density at radius 1 is 0.963 bits per heavy atom. The standard InChI is InChI=1S/C20H20Cl2O3.H3OP/c1-13(2)11-12-25-20(24)17(14-7-4-3-5-8-14)19(23)18-15(21)9-6-10-16(18)22;1-2/h3-10,13,17H,11-12H2,1-2H3;2H3. The van der Waals surface area contributed by atoms with Gasteiger partial charge in [-0.05, 0) is 30.0 Å². The van der Waals surface area contributed by atoms with E-state index in [2.05, 4.69) is 0 Å². The highest BCUT2D eigenvalue weighted by molar-refractivity contribution is 7.00. The van der Waals surface area contributed by atoms with Crippen molar-refractivity contribution in [2.45, 2.75) is 26.2 Å². The maximum absolute atomic E-state index is 13.1. The lowest BCUT2D eigenvalue weighted by Crippen LogP contribution is -2.25. The first-order chi connectivity index (χ1) is 12.9. The molecular weight excluding hydrogens is 406 g/mol. The van der Waals surface area contributed by atoms with Crippen LogP contribution in [0.2, 0.25) is 10.0 Å². The molecule has 7 heteroatoms. The Kier molecular flexibility index (Phi) is 10.4. The van der Waals surface area contributed by atoms with Crippen LogP contribution in [-0.2, 0) is 14.1 Å². The van der Waals surface area contributed by atoms with Crippen LogP contribution in [0.15, 0.2) is 48.5 Å². The Labute approximate surface area is 171 Å². The van der Waals surface area contributed by atoms with Gasteiger partial charge in [0.25, 0.3) is 0 Å². The smallest absolute Gasteiger partial charge is 0.321 e. The number of hydrogen-bond donors (Lipinski definition) is 0. The van der Waals surface area contributed by atoms with Crippen LogP contribution in [0.25, 0.3) is 0 Å². The van der Waals surface area contributed by atoms with Crippen LogP contribution in [0.3, 0.4) is 0 Å². The van der Waals surface area contributed by atoms with Crippen molar-refractivity contribution in [2.75, 3.05) is 6.61 Å². The summed E-state index contributed by atoms with van der Waals surface area (Å²) in [4.78, 5) is 25.7. The molecular formula is C20H23Cl2O4P. The Morgan fingerprint density at radius 2 is 1.52 bits per heavy atom. The number of halogens is 2. The van der Waals surface area contributed by atoms with Crippen molar-refractivity contribution >= 4 is 44.1 Å². The lowest BCUT2D eigenvalue weighted by atomic mass is 9.90. The predicted octanol–water partition coefficient (Wildman–Crippen LogP) is 5.49. The summed E-state index contributed by atoms with van der Waals surface area (Å²) in [6.45, 7) is 4.34. The van der Waals surface area contributed by atoms with Crippen LogP contribution >= 0.6 is 32.3 Å². The Morgan fingerprint density at radius 3 is 2.04 bits per heavy atom. The lowest BCUT2D eigenvalue weighted by Gasteiger charge is -2.17. The first-order valence-electron chi connectivity index (χ1n) is 8.40. The van der Waals surface area contributed by atoms with Crippen LogP contribution in [0.4, 0.5) is 0 Å². The van der Waals surface area contributed by atoms with Gasteiger partial charge in [-0.15, -0.1) is 0 Å². The van der Waals surface area contributed by atoms with Gasteiger partial charge in [0, 0.05) is 0 Å². The van der Waals surface area contributed by atoms with Gasteiger partial charge >= 0.3 is 5.97 Å². The zero-order chi connectivity index (χ0) is 20.4. The van der Waals surface area contributed by atoms with E-state index in [0.717, 1.165) is 6.42 Å². The Hall–Kier alpha value is -1.61. The van der Waals surface area contributed by atoms with E-state index in [1.807, 2.05) is 19.9 Å². The van der Waals surface area contributed by atoms with Crippen molar-refractivity contribution in [1.29, 1.82) is 0 Å². The number of Topliss-reactive ketones (excluding diaryl/α,β-unsaturated/α-hetero) is 1. The third-order valence-corrected chi connectivity index (χ3v) is 4.41. The maximum atomic E-state index is 13.1. The summed E-state index contributed by atoms with van der Waals surface area (Å²) < 4.78 is 13.6. The number of ketones is 1. The van der Waals surface area contributed by atoms with E-state index in [1.54, 1.807) is 42.5 Å². The minimum atomic E-state index is -1.09. The molecule has 146 valence electrons. The molecule has 0 spiro atoms. The van der Waals surface area contributed by atoms with Crippen molar-refractivity contribution < 1.29 is 18.9 Å². The number of esters is 1. The zero-order valence-electron chi connectivity index (χ0n) is 15.3. The maximum Gasteiger partial charge on any atom is 0.321 e. The molecule has 4 nitrogen and oxygen atoms in total. The molecule has 0 N–H and O–H groups in total. The van der Waals surface area contributed by atoms with E-state index in [9.17, 15) is 9.59 Å². The highest BCUT2D eigenvalue weighted by Crippen LogP contribution is 2.31.